The number of anilines is 1. The normalized spacial score (nSPS) is 14.4. The Morgan fingerprint density at radius 2 is 2.00 bits per heavy atom. The average molecular weight is 261 g/mol. The van der Waals surface area contributed by atoms with Gasteiger partial charge in [0.25, 0.3) is 5.71 Å². The zero-order chi connectivity index (χ0) is 13.0. The fourth-order valence-electron chi connectivity index (χ4n) is 1.61. The molecule has 1 aromatic carbocycles. The van der Waals surface area contributed by atoms with Crippen molar-refractivity contribution in [3.8, 4) is 0 Å². The van der Waals surface area contributed by atoms with Gasteiger partial charge in [-0.1, -0.05) is 12.1 Å². The van der Waals surface area contributed by atoms with Gasteiger partial charge in [-0.25, -0.2) is 0 Å². The van der Waals surface area contributed by atoms with Crippen LogP contribution in [0.25, 0.3) is 5.53 Å². The summed E-state index contributed by atoms with van der Waals surface area (Å²) in [7, 11) is -2.13. The van der Waals surface area contributed by atoms with Gasteiger partial charge in [0.2, 0.25) is 8.38 Å². The third-order valence-corrected chi connectivity index (χ3v) is 3.33. The fraction of sp³-hybridized carbons (Fsp3) is 0.0833. The number of nitrogens with one attached hydrogen (secondary N) is 1. The number of para-hydroxylation sites is 1. The van der Waals surface area contributed by atoms with Gasteiger partial charge >= 0.3 is 0 Å². The zero-order valence-electron chi connectivity index (χ0n) is 9.48. The first-order chi connectivity index (χ1) is 8.70. The van der Waals surface area contributed by atoms with Crippen LogP contribution in [0, 0.1) is 0 Å². The van der Waals surface area contributed by atoms with Crippen LogP contribution < -0.4 is 10.6 Å². The maximum absolute atomic E-state index is 9.30. The van der Waals surface area contributed by atoms with Gasteiger partial charge in [-0.3, -0.25) is 0 Å². The predicted molar refractivity (Wildman–Crippen MR) is 71.5 cm³/mol. The lowest BCUT2D eigenvalue weighted by molar-refractivity contribution is -0.00540. The first kappa shape index (κ1) is 12.7. The Bertz CT molecular complexity index is 560. The lowest BCUT2D eigenvalue weighted by atomic mass is 10.1. The molecule has 0 saturated heterocycles. The van der Waals surface area contributed by atoms with Crippen molar-refractivity contribution in [2.24, 2.45) is 0 Å². The Balaban J connectivity index is 2.19. The summed E-state index contributed by atoms with van der Waals surface area (Å²) in [4.78, 5) is 21.7. The lowest BCUT2D eigenvalue weighted by Crippen LogP contribution is -2.11. The molecule has 1 aromatic rings. The van der Waals surface area contributed by atoms with Gasteiger partial charge in [0.05, 0.1) is 17.4 Å². The van der Waals surface area contributed by atoms with Gasteiger partial charge in [0.1, 0.15) is 0 Å². The molecule has 0 aromatic heterocycles. The number of rotatable bonds is 3. The molecule has 0 atom stereocenters. The number of allylic oxidation sites excluding steroid dienone is 3. The van der Waals surface area contributed by atoms with Crippen molar-refractivity contribution < 1.29 is 14.6 Å². The van der Waals surface area contributed by atoms with Crippen LogP contribution in [0.5, 0.6) is 0 Å². The first-order valence-corrected chi connectivity index (χ1v) is 6.58. The molecule has 0 aliphatic heterocycles. The van der Waals surface area contributed by atoms with Crippen LogP contribution in [0.2, 0.25) is 0 Å². The molecule has 0 unspecified atom stereocenters. The topological polar surface area (TPSA) is 88.9 Å². The van der Waals surface area contributed by atoms with Gasteiger partial charge in [0.15, 0.2) is 0 Å². The third-order valence-electron chi connectivity index (χ3n) is 2.51. The second-order valence-corrected chi connectivity index (χ2v) is 4.78. The van der Waals surface area contributed by atoms with Crippen LogP contribution in [-0.2, 0) is 0 Å². The van der Waals surface area contributed by atoms with Crippen molar-refractivity contribution in [3.05, 3.63) is 53.7 Å². The molecule has 0 radical (unpaired) electrons. The molecule has 0 spiro atoms. The van der Waals surface area contributed by atoms with Gasteiger partial charge in [0, 0.05) is 11.8 Å². The number of nitrogens with zero attached hydrogens (tertiary/aromatic N) is 2. The molecule has 1 aliphatic rings. The molecule has 0 bridgehead atoms. The monoisotopic (exact) mass is 261 g/mol. The van der Waals surface area contributed by atoms with E-state index in [0.29, 0.717) is 23.1 Å². The van der Waals surface area contributed by atoms with Crippen LogP contribution in [0.1, 0.15) is 6.42 Å². The van der Waals surface area contributed by atoms with Gasteiger partial charge in [-0.15, -0.1) is 0 Å². The summed E-state index contributed by atoms with van der Waals surface area (Å²) >= 11 is 0. The Morgan fingerprint density at radius 1 is 1.22 bits per heavy atom. The molecule has 0 heterocycles. The molecule has 3 N–H and O–H groups in total. The summed E-state index contributed by atoms with van der Waals surface area (Å²) < 4.78 is 0. The van der Waals surface area contributed by atoms with E-state index in [1.807, 2.05) is 12.1 Å². The minimum atomic E-state index is -2.13. The molecule has 18 heavy (non-hydrogen) atoms. The van der Waals surface area contributed by atoms with Crippen molar-refractivity contribution in [1.82, 2.24) is 0 Å². The highest BCUT2D eigenvalue weighted by atomic mass is 31.2. The standard InChI is InChI=1S/C12H12N3O2P/c13-15-10-7-5-9(6-8-10)14-11-3-1-2-4-12(11)18(16)17/h1-7,14,16-17H,8H2. The van der Waals surface area contributed by atoms with Crippen LogP contribution in [0.3, 0.4) is 0 Å². The van der Waals surface area contributed by atoms with E-state index in [-0.39, 0.29) is 0 Å². The van der Waals surface area contributed by atoms with E-state index >= 15 is 0 Å². The highest BCUT2D eigenvalue weighted by Gasteiger charge is 2.12. The Hall–Kier alpha value is -1.77. The number of hydrogen-bond acceptors (Lipinski definition) is 3. The minimum Gasteiger partial charge on any atom is -0.361 e. The molecule has 0 amide bonds. The summed E-state index contributed by atoms with van der Waals surface area (Å²) in [6.45, 7) is 0. The second-order valence-electron chi connectivity index (χ2n) is 3.72. The third kappa shape index (κ3) is 2.92. The van der Waals surface area contributed by atoms with Crippen LogP contribution in [0.4, 0.5) is 5.69 Å². The van der Waals surface area contributed by atoms with E-state index in [2.05, 4.69) is 10.1 Å². The van der Waals surface area contributed by atoms with E-state index < -0.39 is 8.38 Å². The highest BCUT2D eigenvalue weighted by molar-refractivity contribution is 7.54. The second kappa shape index (κ2) is 5.71. The molecule has 92 valence electrons. The molecule has 0 saturated carbocycles. The van der Waals surface area contributed by atoms with Gasteiger partial charge < -0.3 is 20.6 Å². The number of benzene rings is 1. The summed E-state index contributed by atoms with van der Waals surface area (Å²) in [5, 5.41) is 3.58. The Morgan fingerprint density at radius 3 is 2.61 bits per heavy atom. The fourth-order valence-corrected chi connectivity index (χ4v) is 2.18. The van der Waals surface area contributed by atoms with Crippen LogP contribution in [-0.4, -0.2) is 20.3 Å². The maximum atomic E-state index is 9.30. The van der Waals surface area contributed by atoms with E-state index in [9.17, 15) is 9.79 Å². The SMILES string of the molecule is [N-]=[N+]=C1C=CC(Nc2ccccc2P(O)O)=CC1. The quantitative estimate of drug-likeness (QED) is 0.438. The highest BCUT2D eigenvalue weighted by Crippen LogP contribution is 2.27. The van der Waals surface area contributed by atoms with Crippen molar-refractivity contribution in [2.75, 3.05) is 5.32 Å². The molecular weight excluding hydrogens is 249 g/mol. The van der Waals surface area contributed by atoms with E-state index in [4.69, 9.17) is 5.53 Å². The zero-order valence-corrected chi connectivity index (χ0v) is 10.4. The smallest absolute Gasteiger partial charge is 0.295 e. The molecule has 0 fully saturated rings. The van der Waals surface area contributed by atoms with E-state index in [1.165, 1.54) is 0 Å². The molecule has 6 heteroatoms. The molecular formula is C12H12N3O2P. The molecule has 1 aliphatic carbocycles. The summed E-state index contributed by atoms with van der Waals surface area (Å²) in [6.07, 6.45) is 5.87. The summed E-state index contributed by atoms with van der Waals surface area (Å²) in [5.41, 5.74) is 10.7. The lowest BCUT2D eigenvalue weighted by Gasteiger charge is -2.14. The maximum Gasteiger partial charge on any atom is 0.295 e. The number of hydrogen-bond donors (Lipinski definition) is 3. The minimum absolute atomic E-state index is 0.475. The Labute approximate surface area is 106 Å². The van der Waals surface area contributed by atoms with Crippen molar-refractivity contribution >= 4 is 25.1 Å². The van der Waals surface area contributed by atoms with Crippen molar-refractivity contribution in [2.45, 2.75) is 6.42 Å². The Kier molecular flexibility index (Phi) is 4.03. The van der Waals surface area contributed by atoms with Crippen molar-refractivity contribution in [1.29, 1.82) is 0 Å². The predicted octanol–water partition coefficient (Wildman–Crippen LogP) is 1.53. The van der Waals surface area contributed by atoms with Crippen LogP contribution in [0.15, 0.2) is 48.2 Å². The van der Waals surface area contributed by atoms with Gasteiger partial charge in [-0.05, 0) is 24.3 Å². The van der Waals surface area contributed by atoms with E-state index in [1.54, 1.807) is 30.4 Å². The van der Waals surface area contributed by atoms with Crippen molar-refractivity contribution in [3.63, 3.8) is 0 Å². The average Bonchev–Trinajstić information content (AvgIpc) is 2.40. The molecule has 5 nitrogen and oxygen atoms in total. The summed E-state index contributed by atoms with van der Waals surface area (Å²) in [6, 6.07) is 7.02. The largest absolute Gasteiger partial charge is 0.361 e. The molecule has 2 rings (SSSR count). The van der Waals surface area contributed by atoms with E-state index in [0.717, 1.165) is 5.70 Å². The van der Waals surface area contributed by atoms with Gasteiger partial charge in [-0.2, -0.15) is 4.79 Å². The summed E-state index contributed by atoms with van der Waals surface area (Å²) in [5.74, 6) is 0. The first-order valence-electron chi connectivity index (χ1n) is 5.34. The van der Waals surface area contributed by atoms with Crippen LogP contribution >= 0.6 is 8.38 Å².